The minimum atomic E-state index is -0.522. The Morgan fingerprint density at radius 3 is 2.63 bits per heavy atom. The summed E-state index contributed by atoms with van der Waals surface area (Å²) in [6, 6.07) is 13.7. The SMILES string of the molecule is COc1cc(CCC(=O)Oc2cc3c(-c4cc5cccc(OC)c5o4)cc(=O)oc3cc2C)on1. The van der Waals surface area contributed by atoms with Crippen molar-refractivity contribution in [3.8, 4) is 28.7 Å². The molecule has 9 nitrogen and oxygen atoms in total. The van der Waals surface area contributed by atoms with Crippen LogP contribution in [0.15, 0.2) is 66.7 Å². The molecule has 0 saturated heterocycles. The lowest BCUT2D eigenvalue weighted by Gasteiger charge is -2.10. The average molecular weight is 475 g/mol. The van der Waals surface area contributed by atoms with Crippen molar-refractivity contribution in [2.24, 2.45) is 0 Å². The first-order valence-corrected chi connectivity index (χ1v) is 10.8. The van der Waals surface area contributed by atoms with Crippen LogP contribution in [-0.4, -0.2) is 25.3 Å². The second-order valence-electron chi connectivity index (χ2n) is 7.89. The molecular formula is C26H21NO8. The van der Waals surface area contributed by atoms with Crippen LogP contribution in [0.1, 0.15) is 17.7 Å². The van der Waals surface area contributed by atoms with E-state index in [1.165, 1.54) is 13.2 Å². The van der Waals surface area contributed by atoms with Gasteiger partial charge in [0.15, 0.2) is 11.3 Å². The van der Waals surface area contributed by atoms with Gasteiger partial charge in [-0.05, 0) is 41.9 Å². The van der Waals surface area contributed by atoms with Crippen LogP contribution in [0.3, 0.4) is 0 Å². The molecule has 5 rings (SSSR count). The summed E-state index contributed by atoms with van der Waals surface area (Å²) in [7, 11) is 3.04. The van der Waals surface area contributed by atoms with Crippen LogP contribution in [0.25, 0.3) is 33.3 Å². The van der Waals surface area contributed by atoms with Gasteiger partial charge in [0.2, 0.25) is 0 Å². The van der Waals surface area contributed by atoms with Crippen LogP contribution in [-0.2, 0) is 11.2 Å². The first-order valence-electron chi connectivity index (χ1n) is 10.8. The number of benzene rings is 2. The average Bonchev–Trinajstić information content (AvgIpc) is 3.49. The van der Waals surface area contributed by atoms with Gasteiger partial charge in [0.05, 0.1) is 20.6 Å². The Hall–Kier alpha value is -4.53. The van der Waals surface area contributed by atoms with Crippen LogP contribution >= 0.6 is 0 Å². The zero-order valence-corrected chi connectivity index (χ0v) is 19.2. The Morgan fingerprint density at radius 2 is 1.86 bits per heavy atom. The smallest absolute Gasteiger partial charge is 0.336 e. The molecule has 0 radical (unpaired) electrons. The summed E-state index contributed by atoms with van der Waals surface area (Å²) in [5.41, 5.74) is 1.55. The molecule has 3 aromatic heterocycles. The minimum absolute atomic E-state index is 0.0793. The molecule has 0 saturated carbocycles. The Labute approximate surface area is 198 Å². The highest BCUT2D eigenvalue weighted by Crippen LogP contribution is 2.37. The van der Waals surface area contributed by atoms with Crippen LogP contribution in [0.4, 0.5) is 0 Å². The lowest BCUT2D eigenvalue weighted by atomic mass is 10.0. The maximum absolute atomic E-state index is 12.5. The summed E-state index contributed by atoms with van der Waals surface area (Å²) >= 11 is 0. The fraction of sp³-hybridized carbons (Fsp3) is 0.192. The van der Waals surface area contributed by atoms with Crippen LogP contribution < -0.4 is 19.8 Å². The molecule has 178 valence electrons. The van der Waals surface area contributed by atoms with Crippen molar-refractivity contribution in [1.29, 1.82) is 0 Å². The molecule has 0 aliphatic heterocycles. The third-order valence-electron chi connectivity index (χ3n) is 5.58. The maximum Gasteiger partial charge on any atom is 0.336 e. The predicted molar refractivity (Wildman–Crippen MR) is 126 cm³/mol. The molecule has 0 bridgehead atoms. The van der Waals surface area contributed by atoms with E-state index in [-0.39, 0.29) is 6.42 Å². The molecular weight excluding hydrogens is 454 g/mol. The number of nitrogens with zero attached hydrogens (tertiary/aromatic N) is 1. The van der Waals surface area contributed by atoms with Crippen LogP contribution in [0.5, 0.6) is 17.4 Å². The number of methoxy groups -OCH3 is 2. The number of furan rings is 1. The minimum Gasteiger partial charge on any atom is -0.493 e. The van der Waals surface area contributed by atoms with Crippen molar-refractivity contribution in [3.63, 3.8) is 0 Å². The Bertz CT molecular complexity index is 1610. The number of aromatic nitrogens is 1. The van der Waals surface area contributed by atoms with E-state index in [4.69, 9.17) is 27.6 Å². The first kappa shape index (κ1) is 22.3. The molecule has 0 atom stereocenters. The number of aryl methyl sites for hydroxylation is 2. The Morgan fingerprint density at radius 1 is 1.00 bits per heavy atom. The summed E-state index contributed by atoms with van der Waals surface area (Å²) in [5.74, 6) is 1.80. The highest BCUT2D eigenvalue weighted by molar-refractivity contribution is 5.97. The molecule has 0 spiro atoms. The number of carbonyl (C=O) groups is 1. The van der Waals surface area contributed by atoms with Crippen LogP contribution in [0, 0.1) is 6.92 Å². The van der Waals surface area contributed by atoms with E-state index in [0.717, 1.165) is 5.39 Å². The largest absolute Gasteiger partial charge is 0.493 e. The van der Waals surface area contributed by atoms with Gasteiger partial charge in [0.1, 0.15) is 22.9 Å². The third-order valence-corrected chi connectivity index (χ3v) is 5.58. The van der Waals surface area contributed by atoms with E-state index < -0.39 is 11.6 Å². The van der Waals surface area contributed by atoms with Crippen molar-refractivity contribution in [2.45, 2.75) is 19.8 Å². The summed E-state index contributed by atoms with van der Waals surface area (Å²) in [5, 5.41) is 5.10. The number of para-hydroxylation sites is 1. The van der Waals surface area contributed by atoms with Crippen molar-refractivity contribution >= 4 is 27.9 Å². The van der Waals surface area contributed by atoms with E-state index in [2.05, 4.69) is 5.16 Å². The van der Waals surface area contributed by atoms with Gasteiger partial charge in [-0.15, -0.1) is 0 Å². The maximum atomic E-state index is 12.5. The fourth-order valence-corrected chi connectivity index (χ4v) is 3.84. The third kappa shape index (κ3) is 4.35. The van der Waals surface area contributed by atoms with Crippen LogP contribution in [0.2, 0.25) is 0 Å². The molecule has 0 amide bonds. The highest BCUT2D eigenvalue weighted by Gasteiger charge is 2.18. The molecule has 0 N–H and O–H groups in total. The number of hydrogen-bond donors (Lipinski definition) is 0. The van der Waals surface area contributed by atoms with Crippen molar-refractivity contribution in [2.75, 3.05) is 14.2 Å². The number of rotatable bonds is 7. The number of fused-ring (bicyclic) bond motifs is 2. The number of esters is 1. The van der Waals surface area contributed by atoms with Gasteiger partial charge in [0, 0.05) is 34.9 Å². The molecule has 2 aromatic carbocycles. The van der Waals surface area contributed by atoms with Gasteiger partial charge in [-0.3, -0.25) is 4.79 Å². The molecule has 3 heterocycles. The lowest BCUT2D eigenvalue weighted by molar-refractivity contribution is -0.134. The zero-order chi connectivity index (χ0) is 24.5. The van der Waals surface area contributed by atoms with E-state index >= 15 is 0 Å². The molecule has 0 aliphatic rings. The standard InChI is InChI=1S/C26H21NO8/c1-14-9-21-17(12-20(14)32-24(28)8-7-16-11-23(31-3)27-35-16)18(13-25(29)33-21)22-10-15-5-4-6-19(30-2)26(15)34-22/h4-6,9-13H,7-8H2,1-3H3. The van der Waals surface area contributed by atoms with Gasteiger partial charge < -0.3 is 27.6 Å². The molecule has 5 aromatic rings. The van der Waals surface area contributed by atoms with Crippen molar-refractivity contribution in [1.82, 2.24) is 5.16 Å². The van der Waals surface area contributed by atoms with Crippen molar-refractivity contribution < 1.29 is 32.4 Å². The molecule has 0 aliphatic carbocycles. The summed E-state index contributed by atoms with van der Waals surface area (Å²) in [4.78, 5) is 24.8. The predicted octanol–water partition coefficient (Wildman–Crippen LogP) is 5.06. The number of carbonyl (C=O) groups excluding carboxylic acids is 1. The summed E-state index contributed by atoms with van der Waals surface area (Å²) in [6.07, 6.45) is 0.388. The van der Waals surface area contributed by atoms with Gasteiger partial charge in [-0.2, -0.15) is 0 Å². The molecule has 35 heavy (non-hydrogen) atoms. The van der Waals surface area contributed by atoms with Gasteiger partial charge in [-0.1, -0.05) is 12.1 Å². The van der Waals surface area contributed by atoms with E-state index in [9.17, 15) is 9.59 Å². The quantitative estimate of drug-likeness (QED) is 0.181. The molecule has 9 heteroatoms. The second-order valence-corrected chi connectivity index (χ2v) is 7.89. The summed E-state index contributed by atoms with van der Waals surface area (Å²) < 4.78 is 32.5. The lowest BCUT2D eigenvalue weighted by Crippen LogP contribution is -2.10. The molecule has 0 unspecified atom stereocenters. The van der Waals surface area contributed by atoms with E-state index in [1.54, 1.807) is 38.3 Å². The summed E-state index contributed by atoms with van der Waals surface area (Å²) in [6.45, 7) is 1.77. The highest BCUT2D eigenvalue weighted by atomic mass is 16.5. The fourth-order valence-electron chi connectivity index (χ4n) is 3.84. The normalized spacial score (nSPS) is 11.2. The van der Waals surface area contributed by atoms with Gasteiger partial charge in [-0.25, -0.2) is 4.79 Å². The zero-order valence-electron chi connectivity index (χ0n) is 19.2. The van der Waals surface area contributed by atoms with Crippen molar-refractivity contribution in [3.05, 3.63) is 70.3 Å². The Balaban J connectivity index is 1.48. The number of hydrogen-bond acceptors (Lipinski definition) is 9. The Kier molecular flexibility index (Phi) is 5.74. The molecule has 0 fully saturated rings. The van der Waals surface area contributed by atoms with E-state index in [1.807, 2.05) is 18.2 Å². The topological polar surface area (TPSA) is 114 Å². The van der Waals surface area contributed by atoms with Gasteiger partial charge >= 0.3 is 11.6 Å². The van der Waals surface area contributed by atoms with E-state index in [0.29, 0.717) is 63.0 Å². The first-order chi connectivity index (χ1) is 16.9. The van der Waals surface area contributed by atoms with Gasteiger partial charge in [0.25, 0.3) is 5.88 Å². The monoisotopic (exact) mass is 475 g/mol. The second kappa shape index (κ2) is 9.02. The number of ether oxygens (including phenoxy) is 3.